The first-order valence-corrected chi connectivity index (χ1v) is 6.43. The molecule has 0 saturated heterocycles. The Morgan fingerprint density at radius 1 is 1.41 bits per heavy atom. The van der Waals surface area contributed by atoms with Gasteiger partial charge in [-0.1, -0.05) is 18.5 Å². The maximum absolute atomic E-state index is 11.4. The van der Waals surface area contributed by atoms with Gasteiger partial charge in [-0.05, 0) is 31.6 Å². The molecule has 5 heteroatoms. The number of anilines is 1. The maximum atomic E-state index is 11.4. The van der Waals surface area contributed by atoms with Gasteiger partial charge in [0, 0.05) is 13.1 Å². The van der Waals surface area contributed by atoms with Crippen LogP contribution in [0.5, 0.6) is 0 Å². The average molecular weight is 256 g/mol. The summed E-state index contributed by atoms with van der Waals surface area (Å²) in [5.74, 6) is 1.40. The lowest BCUT2D eigenvalue weighted by molar-refractivity contribution is 0.340. The van der Waals surface area contributed by atoms with E-state index < -0.39 is 0 Å². The van der Waals surface area contributed by atoms with E-state index in [0.717, 1.165) is 18.8 Å². The van der Waals surface area contributed by atoms with Crippen molar-refractivity contribution in [3.05, 3.63) is 21.7 Å². The van der Waals surface area contributed by atoms with E-state index in [2.05, 4.69) is 16.9 Å². The van der Waals surface area contributed by atoms with Crippen molar-refractivity contribution in [1.29, 1.82) is 0 Å². The molecule has 1 heterocycles. The monoisotopic (exact) mass is 255 g/mol. The van der Waals surface area contributed by atoms with E-state index in [0.29, 0.717) is 11.9 Å². The van der Waals surface area contributed by atoms with Crippen molar-refractivity contribution in [2.45, 2.75) is 38.6 Å². The van der Waals surface area contributed by atoms with Gasteiger partial charge in [-0.25, -0.2) is 4.98 Å². The Labute approximate surface area is 106 Å². The minimum absolute atomic E-state index is 0.189. The second kappa shape index (κ2) is 5.08. The van der Waals surface area contributed by atoms with Gasteiger partial charge in [0.1, 0.15) is 5.02 Å². The molecule has 0 aliphatic heterocycles. The molecule has 94 valence electrons. The van der Waals surface area contributed by atoms with E-state index in [1.54, 1.807) is 0 Å². The second-order valence-corrected chi connectivity index (χ2v) is 5.27. The molecule has 0 radical (unpaired) electrons. The summed E-state index contributed by atoms with van der Waals surface area (Å²) in [5, 5.41) is 0.189. The molecule has 1 fully saturated rings. The van der Waals surface area contributed by atoms with Gasteiger partial charge in [0.25, 0.3) is 5.56 Å². The molecule has 0 bridgehead atoms. The fourth-order valence-corrected chi connectivity index (χ4v) is 2.66. The molecule has 1 N–H and O–H groups in total. The molecule has 0 spiro atoms. The third-order valence-corrected chi connectivity index (χ3v) is 3.99. The summed E-state index contributed by atoms with van der Waals surface area (Å²) in [5.41, 5.74) is -0.271. The van der Waals surface area contributed by atoms with Crippen molar-refractivity contribution >= 4 is 17.4 Å². The Kier molecular flexibility index (Phi) is 3.72. The normalized spacial score (nSPS) is 24.6. The summed E-state index contributed by atoms with van der Waals surface area (Å²) >= 11 is 5.99. The molecular weight excluding hydrogens is 238 g/mol. The first-order valence-electron chi connectivity index (χ1n) is 6.05. The van der Waals surface area contributed by atoms with Crippen LogP contribution in [0.2, 0.25) is 5.02 Å². The van der Waals surface area contributed by atoms with Crippen LogP contribution in [0.15, 0.2) is 11.1 Å². The molecule has 1 aromatic rings. The number of aromatic nitrogens is 2. The van der Waals surface area contributed by atoms with Crippen LogP contribution in [0.25, 0.3) is 0 Å². The number of aromatic amines is 1. The van der Waals surface area contributed by atoms with E-state index in [9.17, 15) is 4.79 Å². The smallest absolute Gasteiger partial charge is 0.271 e. The summed E-state index contributed by atoms with van der Waals surface area (Å²) in [7, 11) is 1.97. The van der Waals surface area contributed by atoms with Crippen molar-refractivity contribution in [3.63, 3.8) is 0 Å². The predicted molar refractivity (Wildman–Crippen MR) is 69.7 cm³/mol. The lowest BCUT2D eigenvalue weighted by atomic mass is 9.87. The first kappa shape index (κ1) is 12.4. The van der Waals surface area contributed by atoms with Gasteiger partial charge in [0.05, 0.1) is 6.33 Å². The van der Waals surface area contributed by atoms with Gasteiger partial charge in [-0.2, -0.15) is 0 Å². The standard InChI is InChI=1S/C12H18ClN3O/c1-8-3-5-9(6-4-8)16(2)11-10(13)12(17)15-7-14-11/h7-9H,3-6H2,1-2H3,(H,14,15,17). The molecule has 4 nitrogen and oxygen atoms in total. The highest BCUT2D eigenvalue weighted by Crippen LogP contribution is 2.30. The highest BCUT2D eigenvalue weighted by Gasteiger charge is 2.24. The Balaban J connectivity index is 2.17. The highest BCUT2D eigenvalue weighted by molar-refractivity contribution is 6.32. The van der Waals surface area contributed by atoms with Crippen LogP contribution < -0.4 is 10.5 Å². The van der Waals surface area contributed by atoms with Crippen molar-refractivity contribution in [1.82, 2.24) is 9.97 Å². The Bertz CT molecular complexity index is 438. The minimum atomic E-state index is -0.271. The summed E-state index contributed by atoms with van der Waals surface area (Å²) in [4.78, 5) is 20.1. The van der Waals surface area contributed by atoms with E-state index in [1.165, 1.54) is 19.2 Å². The molecule has 1 saturated carbocycles. The van der Waals surface area contributed by atoms with Crippen molar-refractivity contribution in [2.24, 2.45) is 5.92 Å². The van der Waals surface area contributed by atoms with E-state index >= 15 is 0 Å². The van der Waals surface area contributed by atoms with E-state index in [-0.39, 0.29) is 10.6 Å². The van der Waals surface area contributed by atoms with Crippen LogP contribution in [-0.2, 0) is 0 Å². The van der Waals surface area contributed by atoms with Gasteiger partial charge >= 0.3 is 0 Å². The zero-order valence-corrected chi connectivity index (χ0v) is 11.0. The van der Waals surface area contributed by atoms with Crippen molar-refractivity contribution in [3.8, 4) is 0 Å². The van der Waals surface area contributed by atoms with E-state index in [1.807, 2.05) is 11.9 Å². The van der Waals surface area contributed by atoms with Crippen molar-refractivity contribution in [2.75, 3.05) is 11.9 Å². The summed E-state index contributed by atoms with van der Waals surface area (Å²) in [6.45, 7) is 2.29. The molecule has 0 unspecified atom stereocenters. The fraction of sp³-hybridized carbons (Fsp3) is 0.667. The summed E-state index contributed by atoms with van der Waals surface area (Å²) in [6.07, 6.45) is 6.15. The number of halogens is 1. The summed E-state index contributed by atoms with van der Waals surface area (Å²) < 4.78 is 0. The number of H-pyrrole nitrogens is 1. The SMILES string of the molecule is CC1CCC(N(C)c2nc[nH]c(=O)c2Cl)CC1. The zero-order chi connectivity index (χ0) is 12.4. The van der Waals surface area contributed by atoms with Gasteiger partial charge in [0.2, 0.25) is 0 Å². The van der Waals surface area contributed by atoms with Gasteiger partial charge in [0.15, 0.2) is 5.82 Å². The largest absolute Gasteiger partial charge is 0.355 e. The molecule has 0 amide bonds. The molecule has 1 aliphatic carbocycles. The third kappa shape index (κ3) is 2.63. The number of rotatable bonds is 2. The van der Waals surface area contributed by atoms with Crippen LogP contribution >= 0.6 is 11.6 Å². The number of nitrogens with one attached hydrogen (secondary N) is 1. The zero-order valence-electron chi connectivity index (χ0n) is 10.2. The van der Waals surface area contributed by atoms with Crippen LogP contribution in [0.1, 0.15) is 32.6 Å². The Hall–Kier alpha value is -1.03. The number of nitrogens with zero attached hydrogens (tertiary/aromatic N) is 2. The topological polar surface area (TPSA) is 49.0 Å². The molecule has 17 heavy (non-hydrogen) atoms. The molecule has 0 aromatic carbocycles. The average Bonchev–Trinajstić information content (AvgIpc) is 2.33. The predicted octanol–water partition coefficient (Wildman–Crippen LogP) is 2.44. The second-order valence-electron chi connectivity index (χ2n) is 4.89. The lowest BCUT2D eigenvalue weighted by Crippen LogP contribution is -2.36. The molecular formula is C12H18ClN3O. The van der Waals surface area contributed by atoms with Crippen LogP contribution in [0.4, 0.5) is 5.82 Å². The van der Waals surface area contributed by atoms with Gasteiger partial charge in [-0.15, -0.1) is 0 Å². The lowest BCUT2D eigenvalue weighted by Gasteiger charge is -2.34. The van der Waals surface area contributed by atoms with E-state index in [4.69, 9.17) is 11.6 Å². The van der Waals surface area contributed by atoms with Crippen molar-refractivity contribution < 1.29 is 0 Å². The molecule has 0 atom stereocenters. The summed E-state index contributed by atoms with van der Waals surface area (Å²) in [6, 6.07) is 0.443. The van der Waals surface area contributed by atoms with Crippen LogP contribution in [0, 0.1) is 5.92 Å². The first-order chi connectivity index (χ1) is 8.09. The Morgan fingerprint density at radius 3 is 2.71 bits per heavy atom. The maximum Gasteiger partial charge on any atom is 0.271 e. The van der Waals surface area contributed by atoms with Gasteiger partial charge in [-0.3, -0.25) is 4.79 Å². The third-order valence-electron chi connectivity index (χ3n) is 3.65. The molecule has 1 aromatic heterocycles. The van der Waals surface area contributed by atoms with Gasteiger partial charge < -0.3 is 9.88 Å². The molecule has 2 rings (SSSR count). The number of hydrogen-bond donors (Lipinski definition) is 1. The minimum Gasteiger partial charge on any atom is -0.355 e. The quantitative estimate of drug-likeness (QED) is 0.883. The molecule has 1 aliphatic rings. The van der Waals surface area contributed by atoms with Crippen LogP contribution in [0.3, 0.4) is 0 Å². The Morgan fingerprint density at radius 2 is 2.06 bits per heavy atom. The highest BCUT2D eigenvalue weighted by atomic mass is 35.5. The fourth-order valence-electron chi connectivity index (χ4n) is 2.42. The number of hydrogen-bond acceptors (Lipinski definition) is 3. The van der Waals surface area contributed by atoms with Crippen LogP contribution in [-0.4, -0.2) is 23.1 Å².